The van der Waals surface area contributed by atoms with Gasteiger partial charge in [-0.25, -0.2) is 4.79 Å². The maximum Gasteiger partial charge on any atom is 0.407 e. The van der Waals surface area contributed by atoms with Crippen molar-refractivity contribution in [3.63, 3.8) is 0 Å². The molecule has 0 bridgehead atoms. The number of guanidine groups is 1. The van der Waals surface area contributed by atoms with E-state index in [9.17, 15) is 4.79 Å². The van der Waals surface area contributed by atoms with E-state index in [0.717, 1.165) is 0 Å². The first-order chi connectivity index (χ1) is 9.24. The minimum atomic E-state index is -0.478. The lowest BCUT2D eigenvalue weighted by Crippen LogP contribution is -2.40. The number of nitrogens with two attached hydrogens (primary N) is 1. The standard InChI is InChI=1S/C13H28N4O3/c1-10(9-19-5)17-11(14)15-7-6-8-16-12(18)20-13(2,3)4/h10H,6-9H2,1-5H3,(H,16,18)(H3,14,15,17). The third-order valence-electron chi connectivity index (χ3n) is 2.10. The first-order valence-electron chi connectivity index (χ1n) is 6.77. The number of hydrogen-bond acceptors (Lipinski definition) is 4. The molecule has 1 unspecified atom stereocenters. The Hall–Kier alpha value is -1.50. The zero-order valence-corrected chi connectivity index (χ0v) is 13.2. The number of hydrogen-bond donors (Lipinski definition) is 3. The smallest absolute Gasteiger partial charge is 0.407 e. The van der Waals surface area contributed by atoms with Gasteiger partial charge >= 0.3 is 6.09 Å². The number of aliphatic imine (C=N–C) groups is 1. The first-order valence-corrected chi connectivity index (χ1v) is 6.77. The summed E-state index contributed by atoms with van der Waals surface area (Å²) in [6.45, 7) is 9.03. The average Bonchev–Trinajstić information content (AvgIpc) is 2.26. The van der Waals surface area contributed by atoms with E-state index >= 15 is 0 Å². The minimum Gasteiger partial charge on any atom is -0.444 e. The van der Waals surface area contributed by atoms with E-state index in [0.29, 0.717) is 32.1 Å². The van der Waals surface area contributed by atoms with Crippen LogP contribution in [0, 0.1) is 0 Å². The van der Waals surface area contributed by atoms with E-state index in [4.69, 9.17) is 15.2 Å². The van der Waals surface area contributed by atoms with Crippen molar-refractivity contribution >= 4 is 12.1 Å². The third-order valence-corrected chi connectivity index (χ3v) is 2.10. The number of carbonyl (C=O) groups is 1. The lowest BCUT2D eigenvalue weighted by Gasteiger charge is -2.19. The van der Waals surface area contributed by atoms with Gasteiger partial charge in [-0.05, 0) is 34.1 Å². The molecule has 0 fully saturated rings. The Morgan fingerprint density at radius 2 is 2.05 bits per heavy atom. The molecule has 1 atom stereocenters. The molecule has 0 spiro atoms. The van der Waals surface area contributed by atoms with Crippen molar-refractivity contribution in [2.45, 2.75) is 45.8 Å². The Labute approximate surface area is 121 Å². The maximum atomic E-state index is 11.4. The van der Waals surface area contributed by atoms with E-state index in [1.807, 2.05) is 27.7 Å². The fourth-order valence-electron chi connectivity index (χ4n) is 1.37. The van der Waals surface area contributed by atoms with Crippen molar-refractivity contribution < 1.29 is 14.3 Å². The normalized spacial score (nSPS) is 13.8. The predicted molar refractivity (Wildman–Crippen MR) is 79.8 cm³/mol. The first kappa shape index (κ1) is 18.5. The van der Waals surface area contributed by atoms with Gasteiger partial charge in [-0.3, -0.25) is 4.99 Å². The molecule has 0 aromatic carbocycles. The number of nitrogens with zero attached hydrogens (tertiary/aromatic N) is 1. The number of ether oxygens (including phenoxy) is 2. The van der Waals surface area contributed by atoms with Crippen LogP contribution in [0.15, 0.2) is 4.99 Å². The van der Waals surface area contributed by atoms with E-state index in [1.54, 1.807) is 7.11 Å². The van der Waals surface area contributed by atoms with E-state index in [1.165, 1.54) is 0 Å². The van der Waals surface area contributed by atoms with Gasteiger partial charge in [0.05, 0.1) is 6.61 Å². The zero-order chi connectivity index (χ0) is 15.6. The largest absolute Gasteiger partial charge is 0.444 e. The third kappa shape index (κ3) is 11.6. The number of nitrogens with one attached hydrogen (secondary N) is 2. The second kappa shape index (κ2) is 9.41. The van der Waals surface area contributed by atoms with Crippen LogP contribution < -0.4 is 16.4 Å². The van der Waals surface area contributed by atoms with E-state index in [2.05, 4.69) is 15.6 Å². The van der Waals surface area contributed by atoms with Gasteiger partial charge in [0.15, 0.2) is 5.96 Å². The van der Waals surface area contributed by atoms with Gasteiger partial charge in [0.25, 0.3) is 0 Å². The molecule has 1 amide bonds. The fourth-order valence-corrected chi connectivity index (χ4v) is 1.37. The van der Waals surface area contributed by atoms with Crippen LogP contribution in [0.3, 0.4) is 0 Å². The maximum absolute atomic E-state index is 11.4. The van der Waals surface area contributed by atoms with Crippen LogP contribution in [-0.2, 0) is 9.47 Å². The molecule has 0 aliphatic heterocycles. The average molecular weight is 288 g/mol. The lowest BCUT2D eigenvalue weighted by atomic mass is 10.2. The Kier molecular flexibility index (Phi) is 8.71. The molecule has 4 N–H and O–H groups in total. The van der Waals surface area contributed by atoms with Gasteiger partial charge in [-0.2, -0.15) is 0 Å². The predicted octanol–water partition coefficient (Wildman–Crippen LogP) is 0.840. The van der Waals surface area contributed by atoms with Gasteiger partial charge < -0.3 is 25.8 Å². The van der Waals surface area contributed by atoms with Crippen LogP contribution in [0.2, 0.25) is 0 Å². The second-order valence-corrected chi connectivity index (χ2v) is 5.55. The summed E-state index contributed by atoms with van der Waals surface area (Å²) in [6.07, 6.45) is 0.279. The lowest BCUT2D eigenvalue weighted by molar-refractivity contribution is 0.0527. The minimum absolute atomic E-state index is 0.114. The molecule has 20 heavy (non-hydrogen) atoms. The van der Waals surface area contributed by atoms with Crippen LogP contribution in [0.1, 0.15) is 34.1 Å². The van der Waals surface area contributed by atoms with Gasteiger partial charge in [-0.15, -0.1) is 0 Å². The Morgan fingerprint density at radius 1 is 1.40 bits per heavy atom. The molecular weight excluding hydrogens is 260 g/mol. The summed E-state index contributed by atoms with van der Waals surface area (Å²) in [5.74, 6) is 0.381. The molecular formula is C13H28N4O3. The van der Waals surface area contributed by atoms with Crippen molar-refractivity contribution in [1.29, 1.82) is 0 Å². The highest BCUT2D eigenvalue weighted by atomic mass is 16.6. The number of rotatable bonds is 7. The monoisotopic (exact) mass is 288 g/mol. The van der Waals surface area contributed by atoms with E-state index < -0.39 is 11.7 Å². The number of alkyl carbamates (subject to hydrolysis) is 1. The Balaban J connectivity index is 3.72. The molecule has 0 saturated carbocycles. The van der Waals surface area contributed by atoms with Crippen molar-refractivity contribution in [2.75, 3.05) is 26.8 Å². The SMILES string of the molecule is COCC(C)NC(N)=NCCCNC(=O)OC(C)(C)C. The van der Waals surface area contributed by atoms with Crippen LogP contribution >= 0.6 is 0 Å². The zero-order valence-electron chi connectivity index (χ0n) is 13.2. The molecule has 0 radical (unpaired) electrons. The topological polar surface area (TPSA) is 98.0 Å². The molecule has 0 rings (SSSR count). The fraction of sp³-hybridized carbons (Fsp3) is 0.846. The van der Waals surface area contributed by atoms with Crippen LogP contribution in [0.25, 0.3) is 0 Å². The van der Waals surface area contributed by atoms with Gasteiger partial charge in [0.1, 0.15) is 5.60 Å². The number of amides is 1. The highest BCUT2D eigenvalue weighted by molar-refractivity contribution is 5.78. The quantitative estimate of drug-likeness (QED) is 0.366. The summed E-state index contributed by atoms with van der Waals surface area (Å²) >= 11 is 0. The molecule has 0 saturated heterocycles. The molecule has 7 nitrogen and oxygen atoms in total. The summed E-state index contributed by atoms with van der Waals surface area (Å²) in [4.78, 5) is 15.5. The summed E-state index contributed by atoms with van der Waals surface area (Å²) in [7, 11) is 1.63. The molecule has 0 heterocycles. The Bertz CT molecular complexity index is 313. The Morgan fingerprint density at radius 3 is 2.60 bits per heavy atom. The van der Waals surface area contributed by atoms with Crippen molar-refractivity contribution in [3.8, 4) is 0 Å². The van der Waals surface area contributed by atoms with Gasteiger partial charge in [-0.1, -0.05) is 0 Å². The molecule has 7 heteroatoms. The summed E-state index contributed by atoms with van der Waals surface area (Å²) < 4.78 is 10.1. The van der Waals surface area contributed by atoms with E-state index in [-0.39, 0.29) is 6.04 Å². The summed E-state index contributed by atoms with van der Waals surface area (Å²) in [5.41, 5.74) is 5.22. The molecule has 0 aliphatic carbocycles. The van der Waals surface area contributed by atoms with Crippen molar-refractivity contribution in [3.05, 3.63) is 0 Å². The van der Waals surface area contributed by atoms with Crippen LogP contribution in [0.4, 0.5) is 4.79 Å². The number of carbonyl (C=O) groups excluding carboxylic acids is 1. The summed E-state index contributed by atoms with van der Waals surface area (Å²) in [5, 5.41) is 5.66. The highest BCUT2D eigenvalue weighted by Crippen LogP contribution is 2.06. The van der Waals surface area contributed by atoms with Crippen molar-refractivity contribution in [1.82, 2.24) is 10.6 Å². The highest BCUT2D eigenvalue weighted by Gasteiger charge is 2.15. The van der Waals surface area contributed by atoms with Gasteiger partial charge in [0, 0.05) is 26.2 Å². The molecule has 0 aromatic rings. The van der Waals surface area contributed by atoms with Crippen LogP contribution in [-0.4, -0.2) is 50.5 Å². The molecule has 0 aromatic heterocycles. The molecule has 118 valence electrons. The number of methoxy groups -OCH3 is 1. The van der Waals surface area contributed by atoms with Gasteiger partial charge in [0.2, 0.25) is 0 Å². The van der Waals surface area contributed by atoms with Crippen molar-refractivity contribution in [2.24, 2.45) is 10.7 Å². The van der Waals surface area contributed by atoms with Crippen LogP contribution in [0.5, 0.6) is 0 Å². The second-order valence-electron chi connectivity index (χ2n) is 5.55. The summed E-state index contributed by atoms with van der Waals surface area (Å²) in [6, 6.07) is 0.114. The molecule has 0 aliphatic rings.